The van der Waals surface area contributed by atoms with Crippen LogP contribution in [0.4, 0.5) is 17.3 Å². The molecule has 0 aliphatic carbocycles. The first-order chi connectivity index (χ1) is 8.90. The summed E-state index contributed by atoms with van der Waals surface area (Å²) in [6.07, 6.45) is 3.19. The van der Waals surface area contributed by atoms with Crippen molar-refractivity contribution in [2.75, 3.05) is 11.1 Å². The van der Waals surface area contributed by atoms with Gasteiger partial charge < -0.3 is 11.1 Å². The molecule has 0 aliphatic heterocycles. The molecule has 1 aromatic heterocycles. The van der Waals surface area contributed by atoms with E-state index >= 15 is 0 Å². The summed E-state index contributed by atoms with van der Waals surface area (Å²) in [4.78, 5) is 14.5. The molecule has 0 bridgehead atoms. The Morgan fingerprint density at radius 3 is 2.63 bits per heavy atom. The largest absolute Gasteiger partial charge is 0.384 e. The van der Waals surface area contributed by atoms with Gasteiger partial charge in [-0.15, -0.1) is 0 Å². The van der Waals surface area contributed by atoms with Gasteiger partial charge in [0.05, 0.1) is 4.92 Å². The van der Waals surface area contributed by atoms with E-state index in [9.17, 15) is 10.1 Å². The highest BCUT2D eigenvalue weighted by Crippen LogP contribution is 2.24. The molecule has 1 aromatic rings. The molecule has 6 heteroatoms. The summed E-state index contributed by atoms with van der Waals surface area (Å²) >= 11 is 0. The fourth-order valence-corrected chi connectivity index (χ4v) is 1.86. The molecule has 1 rings (SSSR count). The maximum atomic E-state index is 10.9. The normalized spacial score (nSPS) is 12.4. The number of hydrogen-bond donors (Lipinski definition) is 2. The van der Waals surface area contributed by atoms with Gasteiger partial charge in [0.25, 0.3) is 0 Å². The highest BCUT2D eigenvalue weighted by Gasteiger charge is 2.17. The smallest absolute Gasteiger partial charge is 0.311 e. The summed E-state index contributed by atoms with van der Waals surface area (Å²) in [6, 6.07) is 2.95. The monoisotopic (exact) mass is 266 g/mol. The molecule has 6 nitrogen and oxygen atoms in total. The van der Waals surface area contributed by atoms with Crippen LogP contribution >= 0.6 is 0 Å². The van der Waals surface area contributed by atoms with Crippen molar-refractivity contribution in [3.8, 4) is 0 Å². The van der Waals surface area contributed by atoms with E-state index in [4.69, 9.17) is 5.73 Å². The van der Waals surface area contributed by atoms with Crippen LogP contribution in [0.3, 0.4) is 0 Å². The number of rotatable bonds is 7. The van der Waals surface area contributed by atoms with Crippen LogP contribution in [-0.4, -0.2) is 15.9 Å². The first-order valence-electron chi connectivity index (χ1n) is 6.57. The van der Waals surface area contributed by atoms with Crippen molar-refractivity contribution in [2.24, 2.45) is 5.92 Å². The van der Waals surface area contributed by atoms with E-state index < -0.39 is 4.92 Å². The number of anilines is 2. The Morgan fingerprint density at radius 2 is 2.05 bits per heavy atom. The van der Waals surface area contributed by atoms with Crippen molar-refractivity contribution in [1.82, 2.24) is 4.98 Å². The van der Waals surface area contributed by atoms with Crippen molar-refractivity contribution in [3.63, 3.8) is 0 Å². The van der Waals surface area contributed by atoms with E-state index in [0.29, 0.717) is 5.92 Å². The van der Waals surface area contributed by atoms with Crippen LogP contribution in [0.1, 0.15) is 40.0 Å². The van der Waals surface area contributed by atoms with Gasteiger partial charge in [0.1, 0.15) is 5.82 Å². The zero-order valence-corrected chi connectivity index (χ0v) is 11.7. The second-order valence-electron chi connectivity index (χ2n) is 5.23. The highest BCUT2D eigenvalue weighted by molar-refractivity contribution is 5.59. The molecule has 0 spiro atoms. The molecule has 0 aromatic carbocycles. The number of nitrogen functional groups attached to an aromatic ring is 1. The second-order valence-corrected chi connectivity index (χ2v) is 5.23. The molecule has 1 atom stereocenters. The lowest BCUT2D eigenvalue weighted by molar-refractivity contribution is -0.384. The van der Waals surface area contributed by atoms with Gasteiger partial charge in [-0.3, -0.25) is 10.1 Å². The average molecular weight is 266 g/mol. The SMILES string of the molecule is CC(C)CCCC(C)Nc1nc(N)ccc1[N+](=O)[O-]. The Labute approximate surface area is 113 Å². The Morgan fingerprint density at radius 1 is 1.37 bits per heavy atom. The summed E-state index contributed by atoms with van der Waals surface area (Å²) in [5.74, 6) is 1.21. The van der Waals surface area contributed by atoms with E-state index in [1.165, 1.54) is 12.1 Å². The lowest BCUT2D eigenvalue weighted by Crippen LogP contribution is -2.17. The lowest BCUT2D eigenvalue weighted by atomic mass is 10.0. The number of pyridine rings is 1. The summed E-state index contributed by atoms with van der Waals surface area (Å²) < 4.78 is 0. The zero-order valence-electron chi connectivity index (χ0n) is 11.7. The van der Waals surface area contributed by atoms with Gasteiger partial charge >= 0.3 is 5.69 Å². The molecule has 0 amide bonds. The number of aromatic nitrogens is 1. The second kappa shape index (κ2) is 6.92. The number of nitro groups is 1. The van der Waals surface area contributed by atoms with E-state index in [0.717, 1.165) is 19.3 Å². The van der Waals surface area contributed by atoms with E-state index in [1.807, 2.05) is 6.92 Å². The number of hydrogen-bond acceptors (Lipinski definition) is 5. The first-order valence-corrected chi connectivity index (χ1v) is 6.57. The van der Waals surface area contributed by atoms with Crippen LogP contribution in [0, 0.1) is 16.0 Å². The minimum atomic E-state index is -0.449. The minimum Gasteiger partial charge on any atom is -0.384 e. The van der Waals surface area contributed by atoms with Crippen LogP contribution in [-0.2, 0) is 0 Å². The maximum absolute atomic E-state index is 10.9. The third kappa shape index (κ3) is 5.11. The van der Waals surface area contributed by atoms with E-state index in [1.54, 1.807) is 0 Å². The van der Waals surface area contributed by atoms with Crippen molar-refractivity contribution in [1.29, 1.82) is 0 Å². The lowest BCUT2D eigenvalue weighted by Gasteiger charge is -2.15. The third-order valence-electron chi connectivity index (χ3n) is 2.89. The highest BCUT2D eigenvalue weighted by atomic mass is 16.6. The van der Waals surface area contributed by atoms with Crippen molar-refractivity contribution in [3.05, 3.63) is 22.2 Å². The van der Waals surface area contributed by atoms with Crippen molar-refractivity contribution < 1.29 is 4.92 Å². The Kier molecular flexibility index (Phi) is 5.54. The topological polar surface area (TPSA) is 94.1 Å². The van der Waals surface area contributed by atoms with Crippen LogP contribution in [0.5, 0.6) is 0 Å². The van der Waals surface area contributed by atoms with Gasteiger partial charge in [-0.2, -0.15) is 0 Å². The maximum Gasteiger partial charge on any atom is 0.311 e. The van der Waals surface area contributed by atoms with Crippen molar-refractivity contribution in [2.45, 2.75) is 46.1 Å². The van der Waals surface area contributed by atoms with E-state index in [-0.39, 0.29) is 23.4 Å². The fraction of sp³-hybridized carbons (Fsp3) is 0.615. The predicted molar refractivity (Wildman–Crippen MR) is 77.1 cm³/mol. The van der Waals surface area contributed by atoms with Crippen LogP contribution in [0.15, 0.2) is 12.1 Å². The fourth-order valence-electron chi connectivity index (χ4n) is 1.86. The Hall–Kier alpha value is -1.85. The predicted octanol–water partition coefficient (Wildman–Crippen LogP) is 3.20. The molecule has 0 radical (unpaired) electrons. The summed E-state index contributed by atoms with van der Waals surface area (Å²) in [6.45, 7) is 6.36. The Bertz CT molecular complexity index is 435. The molecule has 19 heavy (non-hydrogen) atoms. The van der Waals surface area contributed by atoms with Gasteiger partial charge in [-0.1, -0.05) is 26.7 Å². The molecule has 0 aliphatic rings. The Balaban J connectivity index is 2.65. The average Bonchev–Trinajstić information content (AvgIpc) is 2.27. The quantitative estimate of drug-likeness (QED) is 0.583. The number of nitrogens with one attached hydrogen (secondary N) is 1. The molecule has 0 fully saturated rings. The minimum absolute atomic E-state index is 0.0371. The van der Waals surface area contributed by atoms with Crippen LogP contribution in [0.25, 0.3) is 0 Å². The van der Waals surface area contributed by atoms with Crippen molar-refractivity contribution >= 4 is 17.3 Å². The number of nitrogens with zero attached hydrogens (tertiary/aromatic N) is 2. The molecule has 1 unspecified atom stereocenters. The van der Waals surface area contributed by atoms with E-state index in [2.05, 4.69) is 24.1 Å². The van der Waals surface area contributed by atoms with Crippen LogP contribution < -0.4 is 11.1 Å². The van der Waals surface area contributed by atoms with Gasteiger partial charge in [0.15, 0.2) is 0 Å². The summed E-state index contributed by atoms with van der Waals surface area (Å²) in [5.41, 5.74) is 5.53. The standard InChI is InChI=1S/C13H22N4O2/c1-9(2)5-4-6-10(3)15-13-11(17(18)19)7-8-12(14)16-13/h7-10H,4-6H2,1-3H3,(H3,14,15,16). The van der Waals surface area contributed by atoms with Gasteiger partial charge in [0.2, 0.25) is 5.82 Å². The summed E-state index contributed by atoms with van der Waals surface area (Å²) in [5, 5.41) is 14.0. The molecule has 0 saturated heterocycles. The summed E-state index contributed by atoms with van der Waals surface area (Å²) in [7, 11) is 0. The molecule has 0 saturated carbocycles. The first kappa shape index (κ1) is 15.2. The number of nitrogens with two attached hydrogens (primary N) is 1. The molecule has 106 valence electrons. The van der Waals surface area contributed by atoms with Crippen LogP contribution in [0.2, 0.25) is 0 Å². The zero-order chi connectivity index (χ0) is 14.4. The van der Waals surface area contributed by atoms with Gasteiger partial charge in [0, 0.05) is 12.1 Å². The van der Waals surface area contributed by atoms with Gasteiger partial charge in [-0.25, -0.2) is 4.98 Å². The third-order valence-corrected chi connectivity index (χ3v) is 2.89. The molecule has 3 N–H and O–H groups in total. The molecular formula is C13H22N4O2. The molecular weight excluding hydrogens is 244 g/mol. The van der Waals surface area contributed by atoms with Gasteiger partial charge in [-0.05, 0) is 25.3 Å². The molecule has 1 heterocycles.